The monoisotopic (exact) mass is 206 g/mol. The van der Waals surface area contributed by atoms with Gasteiger partial charge in [0.1, 0.15) is 0 Å². The van der Waals surface area contributed by atoms with E-state index in [1.807, 2.05) is 18.2 Å². The molecule has 0 unspecified atom stereocenters. The molecule has 1 aromatic carbocycles. The van der Waals surface area contributed by atoms with Crippen molar-refractivity contribution < 1.29 is 9.90 Å². The molecule has 1 aliphatic heterocycles. The van der Waals surface area contributed by atoms with Crippen LogP contribution in [-0.2, 0) is 11.2 Å². The lowest BCUT2D eigenvalue weighted by molar-refractivity contribution is -0.136. The number of aryl methyl sites for hydroxylation is 1. The number of fused-ring (bicyclic) bond motifs is 1. The molecule has 80 valence electrons. The van der Waals surface area contributed by atoms with E-state index in [1.165, 1.54) is 0 Å². The van der Waals surface area contributed by atoms with Crippen LogP contribution in [0.5, 0.6) is 0 Å². The van der Waals surface area contributed by atoms with Crippen LogP contribution in [-0.4, -0.2) is 24.2 Å². The van der Waals surface area contributed by atoms with Gasteiger partial charge in [-0.25, -0.2) is 0 Å². The molecule has 4 heteroatoms. The van der Waals surface area contributed by atoms with E-state index in [4.69, 9.17) is 5.11 Å². The second-order valence-corrected chi connectivity index (χ2v) is 3.63. The molecule has 0 spiro atoms. The van der Waals surface area contributed by atoms with Gasteiger partial charge in [0.15, 0.2) is 0 Å². The van der Waals surface area contributed by atoms with Crippen molar-refractivity contribution in [2.45, 2.75) is 12.8 Å². The predicted molar refractivity (Wildman–Crippen MR) is 59.4 cm³/mol. The number of hydrogen-bond acceptors (Lipinski definition) is 3. The average molecular weight is 206 g/mol. The predicted octanol–water partition coefficient (Wildman–Crippen LogP) is 1.54. The van der Waals surface area contributed by atoms with Gasteiger partial charge in [0.25, 0.3) is 0 Å². The Kier molecular flexibility index (Phi) is 2.76. The van der Waals surface area contributed by atoms with E-state index in [2.05, 4.69) is 10.6 Å². The van der Waals surface area contributed by atoms with E-state index in [-0.39, 0.29) is 6.42 Å². The van der Waals surface area contributed by atoms with E-state index in [9.17, 15) is 4.79 Å². The number of carbonyl (C=O) groups is 1. The number of benzene rings is 1. The highest BCUT2D eigenvalue weighted by Gasteiger charge is 2.08. The Morgan fingerprint density at radius 1 is 1.27 bits per heavy atom. The van der Waals surface area contributed by atoms with Crippen molar-refractivity contribution in [2.24, 2.45) is 0 Å². The Hall–Kier alpha value is -1.71. The summed E-state index contributed by atoms with van der Waals surface area (Å²) in [5, 5.41) is 15.1. The molecule has 0 amide bonds. The number of rotatable bonds is 3. The molecule has 2 rings (SSSR count). The highest BCUT2D eigenvalue weighted by atomic mass is 16.4. The van der Waals surface area contributed by atoms with Gasteiger partial charge in [-0.15, -0.1) is 0 Å². The van der Waals surface area contributed by atoms with Gasteiger partial charge in [-0.05, 0) is 24.1 Å². The zero-order valence-corrected chi connectivity index (χ0v) is 8.42. The van der Waals surface area contributed by atoms with Crippen molar-refractivity contribution >= 4 is 17.3 Å². The summed E-state index contributed by atoms with van der Waals surface area (Å²) in [5.41, 5.74) is 3.23. The van der Waals surface area contributed by atoms with Crippen molar-refractivity contribution in [1.82, 2.24) is 0 Å². The van der Waals surface area contributed by atoms with Crippen LogP contribution in [0, 0.1) is 0 Å². The van der Waals surface area contributed by atoms with Crippen LogP contribution in [0.2, 0.25) is 0 Å². The molecule has 15 heavy (non-hydrogen) atoms. The number of aliphatic carboxylic acids is 1. The number of hydrogen-bond donors (Lipinski definition) is 3. The largest absolute Gasteiger partial charge is 0.481 e. The first kappa shape index (κ1) is 9.83. The van der Waals surface area contributed by atoms with E-state index in [1.54, 1.807) is 0 Å². The zero-order valence-electron chi connectivity index (χ0n) is 8.42. The van der Waals surface area contributed by atoms with E-state index in [0.29, 0.717) is 6.42 Å². The molecular formula is C11H14N2O2. The summed E-state index contributed by atoms with van der Waals surface area (Å²) >= 11 is 0. The Bertz CT molecular complexity index is 377. The van der Waals surface area contributed by atoms with E-state index < -0.39 is 5.97 Å². The number of carboxylic acid groups (broad SMARTS) is 1. The molecule has 1 aliphatic rings. The summed E-state index contributed by atoms with van der Waals surface area (Å²) in [6, 6.07) is 5.99. The summed E-state index contributed by atoms with van der Waals surface area (Å²) in [7, 11) is 0. The smallest absolute Gasteiger partial charge is 0.303 e. The van der Waals surface area contributed by atoms with Gasteiger partial charge in [0.2, 0.25) is 0 Å². The summed E-state index contributed by atoms with van der Waals surface area (Å²) in [6.07, 6.45) is 0.774. The van der Waals surface area contributed by atoms with Crippen LogP contribution in [0.15, 0.2) is 18.2 Å². The normalized spacial score (nSPS) is 13.6. The summed E-state index contributed by atoms with van der Waals surface area (Å²) < 4.78 is 0. The lowest BCUT2D eigenvalue weighted by Gasteiger charge is -2.20. The van der Waals surface area contributed by atoms with Crippen LogP contribution in [0.25, 0.3) is 0 Å². The molecular weight excluding hydrogens is 192 g/mol. The minimum Gasteiger partial charge on any atom is -0.481 e. The van der Waals surface area contributed by atoms with Crippen LogP contribution in [0.4, 0.5) is 11.4 Å². The fourth-order valence-corrected chi connectivity index (χ4v) is 1.69. The molecule has 0 bridgehead atoms. The maximum atomic E-state index is 10.4. The molecule has 0 saturated carbocycles. The third-order valence-corrected chi connectivity index (χ3v) is 2.47. The van der Waals surface area contributed by atoms with E-state index in [0.717, 1.165) is 30.0 Å². The molecule has 4 nitrogen and oxygen atoms in total. The van der Waals surface area contributed by atoms with Crippen LogP contribution in [0.3, 0.4) is 0 Å². The average Bonchev–Trinajstić information content (AvgIpc) is 2.26. The Labute approximate surface area is 88.3 Å². The van der Waals surface area contributed by atoms with Gasteiger partial charge in [-0.1, -0.05) is 6.07 Å². The summed E-state index contributed by atoms with van der Waals surface area (Å²) in [5.74, 6) is -0.751. The molecule has 0 saturated heterocycles. The first-order valence-electron chi connectivity index (χ1n) is 5.08. The number of anilines is 2. The fourth-order valence-electron chi connectivity index (χ4n) is 1.69. The second-order valence-electron chi connectivity index (χ2n) is 3.63. The third-order valence-electron chi connectivity index (χ3n) is 2.47. The minimum atomic E-state index is -0.751. The molecule has 0 aromatic heterocycles. The van der Waals surface area contributed by atoms with Gasteiger partial charge < -0.3 is 15.7 Å². The van der Waals surface area contributed by atoms with Crippen molar-refractivity contribution in [2.75, 3.05) is 23.7 Å². The second kappa shape index (κ2) is 4.21. The Balaban J connectivity index is 2.10. The lowest BCUT2D eigenvalue weighted by Crippen LogP contribution is -2.20. The first-order chi connectivity index (χ1) is 7.25. The number of nitrogens with one attached hydrogen (secondary N) is 2. The van der Waals surface area contributed by atoms with Gasteiger partial charge in [0.05, 0.1) is 11.4 Å². The molecule has 0 atom stereocenters. The van der Waals surface area contributed by atoms with Crippen molar-refractivity contribution in [3.8, 4) is 0 Å². The number of carboxylic acids is 1. The standard InChI is InChI=1S/C11H14N2O2/c14-11(15)4-2-8-1-3-9-10(7-8)13-6-5-12-9/h1,3,7,12-13H,2,4-6H2,(H,14,15). The van der Waals surface area contributed by atoms with Crippen LogP contribution in [0.1, 0.15) is 12.0 Å². The molecule has 0 aliphatic carbocycles. The molecule has 3 N–H and O–H groups in total. The van der Waals surface area contributed by atoms with Crippen molar-refractivity contribution in [3.63, 3.8) is 0 Å². The van der Waals surface area contributed by atoms with E-state index >= 15 is 0 Å². The van der Waals surface area contributed by atoms with Gasteiger partial charge in [-0.2, -0.15) is 0 Å². The van der Waals surface area contributed by atoms with Gasteiger partial charge in [0, 0.05) is 19.5 Å². The first-order valence-corrected chi connectivity index (χ1v) is 5.08. The van der Waals surface area contributed by atoms with Crippen molar-refractivity contribution in [3.05, 3.63) is 23.8 Å². The van der Waals surface area contributed by atoms with Crippen molar-refractivity contribution in [1.29, 1.82) is 0 Å². The van der Waals surface area contributed by atoms with Crippen LogP contribution < -0.4 is 10.6 Å². The third kappa shape index (κ3) is 2.40. The van der Waals surface area contributed by atoms with Gasteiger partial charge >= 0.3 is 5.97 Å². The topological polar surface area (TPSA) is 61.4 Å². The SMILES string of the molecule is O=C(O)CCc1ccc2c(c1)NCCN2. The quantitative estimate of drug-likeness (QED) is 0.702. The molecule has 1 heterocycles. The lowest BCUT2D eigenvalue weighted by atomic mass is 10.1. The molecule has 0 fully saturated rings. The Morgan fingerprint density at radius 3 is 2.73 bits per heavy atom. The molecule has 0 radical (unpaired) electrons. The highest BCUT2D eigenvalue weighted by molar-refractivity contribution is 5.72. The summed E-state index contributed by atoms with van der Waals surface area (Å²) in [4.78, 5) is 10.4. The highest BCUT2D eigenvalue weighted by Crippen LogP contribution is 2.25. The fraction of sp³-hybridized carbons (Fsp3) is 0.364. The van der Waals surface area contributed by atoms with Gasteiger partial charge in [-0.3, -0.25) is 4.79 Å². The maximum Gasteiger partial charge on any atom is 0.303 e. The van der Waals surface area contributed by atoms with Crippen LogP contribution >= 0.6 is 0 Å². The maximum absolute atomic E-state index is 10.4. The molecule has 1 aromatic rings. The Morgan fingerprint density at radius 2 is 2.00 bits per heavy atom. The minimum absolute atomic E-state index is 0.187. The zero-order chi connectivity index (χ0) is 10.7. The summed E-state index contributed by atoms with van der Waals surface area (Å²) in [6.45, 7) is 1.84.